The number of thiazole rings is 1. The number of hydrogen-bond donors (Lipinski definition) is 0. The molecule has 1 heterocycles. The van der Waals surface area contributed by atoms with Crippen molar-refractivity contribution in [3.63, 3.8) is 0 Å². The van der Waals surface area contributed by atoms with E-state index in [9.17, 15) is 4.39 Å². The lowest BCUT2D eigenvalue weighted by atomic mass is 10.3. The Morgan fingerprint density at radius 1 is 1.42 bits per heavy atom. The highest BCUT2D eigenvalue weighted by Crippen LogP contribution is 2.25. The minimum Gasteiger partial charge on any atom is -0.492 e. The summed E-state index contributed by atoms with van der Waals surface area (Å²) in [5, 5.41) is 3.02. The molecule has 1 aromatic heterocycles. The Balaban J connectivity index is 1.79. The average molecular weight is 365 g/mol. The predicted molar refractivity (Wildman–Crippen MR) is 79.6 cm³/mol. The van der Waals surface area contributed by atoms with E-state index in [1.165, 1.54) is 12.1 Å². The summed E-state index contributed by atoms with van der Waals surface area (Å²) in [5.74, 6) is 0.675. The van der Waals surface area contributed by atoms with Crippen molar-refractivity contribution in [2.45, 2.75) is 18.7 Å². The number of aromatic nitrogens is 1. The first-order valence-corrected chi connectivity index (χ1v) is 7.97. The number of nitrogens with zero attached hydrogens (tertiary/aromatic N) is 1. The van der Waals surface area contributed by atoms with Crippen molar-refractivity contribution in [1.82, 2.24) is 4.98 Å². The lowest BCUT2D eigenvalue weighted by Gasteiger charge is -2.07. The molecule has 2 aromatic rings. The maximum Gasteiger partial charge on any atom is 0.136 e. The zero-order valence-corrected chi connectivity index (χ0v) is 13.2. The van der Waals surface area contributed by atoms with Crippen molar-refractivity contribution in [2.24, 2.45) is 0 Å². The molecule has 0 bridgehead atoms. The number of ether oxygens (including phenoxy) is 1. The molecule has 0 radical (unpaired) electrons. The van der Waals surface area contributed by atoms with E-state index in [1.54, 1.807) is 17.4 Å². The number of halogens is 3. The zero-order chi connectivity index (χ0) is 13.7. The van der Waals surface area contributed by atoms with Crippen LogP contribution in [-0.4, -0.2) is 11.6 Å². The molecule has 0 amide bonds. The van der Waals surface area contributed by atoms with Gasteiger partial charge in [-0.2, -0.15) is 0 Å². The van der Waals surface area contributed by atoms with Crippen LogP contribution in [0.15, 0.2) is 28.1 Å². The second-order valence-corrected chi connectivity index (χ2v) is 5.96. The highest BCUT2D eigenvalue weighted by atomic mass is 79.9. The molecule has 2 nitrogen and oxygen atoms in total. The first-order chi connectivity index (χ1) is 9.19. The van der Waals surface area contributed by atoms with Gasteiger partial charge >= 0.3 is 0 Å². The Morgan fingerprint density at radius 2 is 2.26 bits per heavy atom. The van der Waals surface area contributed by atoms with Gasteiger partial charge in [0.25, 0.3) is 0 Å². The lowest BCUT2D eigenvalue weighted by Crippen LogP contribution is -2.00. The van der Waals surface area contributed by atoms with Crippen molar-refractivity contribution < 1.29 is 9.13 Å². The van der Waals surface area contributed by atoms with E-state index in [4.69, 9.17) is 16.3 Å². The van der Waals surface area contributed by atoms with Crippen molar-refractivity contribution in [2.75, 3.05) is 6.61 Å². The van der Waals surface area contributed by atoms with Gasteiger partial charge in [0.1, 0.15) is 11.6 Å². The smallest absolute Gasteiger partial charge is 0.136 e. The SMILES string of the molecule is Fc1ccc(Br)c(OCCCc2nc(CCl)cs2)c1. The third kappa shape index (κ3) is 4.44. The standard InChI is InChI=1S/C13H12BrClFNOS/c14-11-4-3-9(16)6-12(11)18-5-1-2-13-17-10(7-15)8-19-13/h3-4,6,8H,1-2,5,7H2. The largest absolute Gasteiger partial charge is 0.492 e. The zero-order valence-electron chi connectivity index (χ0n) is 10.0. The topological polar surface area (TPSA) is 22.1 Å². The molecular formula is C13H12BrClFNOS. The summed E-state index contributed by atoms with van der Waals surface area (Å²) in [4.78, 5) is 4.37. The van der Waals surface area contributed by atoms with Gasteiger partial charge in [-0.3, -0.25) is 0 Å². The molecule has 0 unspecified atom stereocenters. The Bertz CT molecular complexity index is 549. The third-order valence-electron chi connectivity index (χ3n) is 2.42. The average Bonchev–Trinajstić information content (AvgIpc) is 2.86. The fraction of sp³-hybridized carbons (Fsp3) is 0.308. The lowest BCUT2D eigenvalue weighted by molar-refractivity contribution is 0.307. The molecule has 0 fully saturated rings. The molecule has 2 rings (SSSR count). The van der Waals surface area contributed by atoms with Crippen LogP contribution in [0.4, 0.5) is 4.39 Å². The van der Waals surface area contributed by atoms with Gasteiger partial charge in [0.2, 0.25) is 0 Å². The van der Waals surface area contributed by atoms with Gasteiger partial charge in [-0.05, 0) is 34.5 Å². The van der Waals surface area contributed by atoms with E-state index >= 15 is 0 Å². The molecule has 0 N–H and O–H groups in total. The van der Waals surface area contributed by atoms with Gasteiger partial charge in [-0.25, -0.2) is 9.37 Å². The maximum atomic E-state index is 13.0. The second kappa shape index (κ2) is 7.22. The summed E-state index contributed by atoms with van der Waals surface area (Å²) >= 11 is 10.6. The number of hydrogen-bond acceptors (Lipinski definition) is 3. The summed E-state index contributed by atoms with van der Waals surface area (Å²) in [6.45, 7) is 0.526. The normalized spacial score (nSPS) is 10.7. The van der Waals surface area contributed by atoms with Crippen molar-refractivity contribution in [1.29, 1.82) is 0 Å². The highest BCUT2D eigenvalue weighted by Gasteiger charge is 2.04. The molecule has 0 spiro atoms. The molecule has 19 heavy (non-hydrogen) atoms. The summed E-state index contributed by atoms with van der Waals surface area (Å²) in [6, 6.07) is 4.40. The summed E-state index contributed by atoms with van der Waals surface area (Å²) in [7, 11) is 0. The third-order valence-corrected chi connectivity index (χ3v) is 4.31. The van der Waals surface area contributed by atoms with Crippen LogP contribution in [0, 0.1) is 5.82 Å². The van der Waals surface area contributed by atoms with E-state index < -0.39 is 0 Å². The number of benzene rings is 1. The quantitative estimate of drug-likeness (QED) is 0.543. The van der Waals surface area contributed by atoms with E-state index in [1.807, 2.05) is 5.38 Å². The van der Waals surface area contributed by atoms with Crippen LogP contribution >= 0.6 is 38.9 Å². The molecule has 0 aliphatic heterocycles. The minimum absolute atomic E-state index is 0.301. The summed E-state index contributed by atoms with van der Waals surface area (Å²) in [6.07, 6.45) is 1.67. The van der Waals surface area contributed by atoms with Crippen LogP contribution in [0.2, 0.25) is 0 Å². The van der Waals surface area contributed by atoms with Crippen LogP contribution in [0.1, 0.15) is 17.1 Å². The molecule has 0 saturated heterocycles. The fourth-order valence-electron chi connectivity index (χ4n) is 1.52. The number of aryl methyl sites for hydroxylation is 1. The molecule has 0 aliphatic carbocycles. The molecule has 0 aliphatic rings. The Kier molecular flexibility index (Phi) is 5.60. The molecular weight excluding hydrogens is 353 g/mol. The van der Waals surface area contributed by atoms with Crippen molar-refractivity contribution in [3.8, 4) is 5.75 Å². The van der Waals surface area contributed by atoms with Gasteiger partial charge in [0, 0.05) is 17.9 Å². The fourth-order valence-corrected chi connectivity index (χ4v) is 2.95. The van der Waals surface area contributed by atoms with Gasteiger partial charge in [-0.15, -0.1) is 22.9 Å². The van der Waals surface area contributed by atoms with Crippen LogP contribution in [0.3, 0.4) is 0 Å². The second-order valence-electron chi connectivity index (χ2n) is 3.89. The van der Waals surface area contributed by atoms with Crippen LogP contribution < -0.4 is 4.74 Å². The first kappa shape index (κ1) is 14.8. The van der Waals surface area contributed by atoms with Crippen LogP contribution in [0.5, 0.6) is 5.75 Å². The van der Waals surface area contributed by atoms with Gasteiger partial charge in [0.05, 0.1) is 27.7 Å². The Hall–Kier alpha value is -0.650. The first-order valence-electron chi connectivity index (χ1n) is 5.76. The molecule has 1 aromatic carbocycles. The molecule has 0 saturated carbocycles. The van der Waals surface area contributed by atoms with Gasteiger partial charge < -0.3 is 4.74 Å². The minimum atomic E-state index is -0.301. The van der Waals surface area contributed by atoms with Crippen LogP contribution in [0.25, 0.3) is 0 Å². The Labute approximate surface area is 128 Å². The predicted octanol–water partition coefficient (Wildman–Crippen LogP) is 4.80. The molecule has 102 valence electrons. The van der Waals surface area contributed by atoms with Crippen LogP contribution in [-0.2, 0) is 12.3 Å². The van der Waals surface area contributed by atoms with Crippen molar-refractivity contribution >= 4 is 38.9 Å². The highest BCUT2D eigenvalue weighted by molar-refractivity contribution is 9.10. The van der Waals surface area contributed by atoms with Crippen molar-refractivity contribution in [3.05, 3.63) is 44.6 Å². The monoisotopic (exact) mass is 363 g/mol. The summed E-state index contributed by atoms with van der Waals surface area (Å²) < 4.78 is 19.3. The number of rotatable bonds is 6. The molecule has 0 atom stereocenters. The number of alkyl halides is 1. The van der Waals surface area contributed by atoms with E-state index in [0.717, 1.165) is 28.0 Å². The maximum absolute atomic E-state index is 13.0. The van der Waals surface area contributed by atoms with E-state index in [0.29, 0.717) is 18.2 Å². The van der Waals surface area contributed by atoms with E-state index in [-0.39, 0.29) is 5.82 Å². The van der Waals surface area contributed by atoms with E-state index in [2.05, 4.69) is 20.9 Å². The van der Waals surface area contributed by atoms with Gasteiger partial charge in [-0.1, -0.05) is 0 Å². The molecule has 6 heteroatoms. The van der Waals surface area contributed by atoms with Gasteiger partial charge in [0.15, 0.2) is 0 Å². The summed E-state index contributed by atoms with van der Waals surface area (Å²) in [5.41, 5.74) is 0.912. The Morgan fingerprint density at radius 3 is 3.00 bits per heavy atom.